The molecule has 0 spiro atoms. The van der Waals surface area contributed by atoms with E-state index in [1.165, 1.54) is 18.1 Å². The second kappa shape index (κ2) is 7.35. The molecule has 4 aromatic rings. The van der Waals surface area contributed by atoms with Crippen molar-refractivity contribution in [1.82, 2.24) is 40.0 Å². The van der Waals surface area contributed by atoms with Gasteiger partial charge in [-0.2, -0.15) is 13.2 Å². The van der Waals surface area contributed by atoms with Crippen LogP contribution < -0.4 is 5.32 Å². The van der Waals surface area contributed by atoms with Crippen LogP contribution in [0.2, 0.25) is 0 Å². The molecule has 0 bridgehead atoms. The maximum atomic E-state index is 13.2. The minimum absolute atomic E-state index is 0.00872. The molecule has 0 atom stereocenters. The molecule has 13 heteroatoms. The fraction of sp³-hybridized carbons (Fsp3) is 0.118. The molecule has 0 unspecified atom stereocenters. The smallest absolute Gasteiger partial charge is 0.289 e. The predicted molar refractivity (Wildman–Crippen MR) is 96.3 cm³/mol. The number of alkyl halides is 3. The SMILES string of the molecule is Cn1nnnc1NC(=O)c1ccc(C(F)(F)F)nc1-n1cnc(-c2ccccc2)n1. The highest BCUT2D eigenvalue weighted by Crippen LogP contribution is 2.29. The molecule has 0 aliphatic rings. The van der Waals surface area contributed by atoms with Gasteiger partial charge >= 0.3 is 6.18 Å². The van der Waals surface area contributed by atoms with Crippen LogP contribution >= 0.6 is 0 Å². The minimum atomic E-state index is -4.71. The summed E-state index contributed by atoms with van der Waals surface area (Å²) in [6, 6.07) is 10.6. The first-order chi connectivity index (χ1) is 14.3. The van der Waals surface area contributed by atoms with Gasteiger partial charge in [0.2, 0.25) is 5.95 Å². The average Bonchev–Trinajstić information content (AvgIpc) is 3.37. The zero-order valence-corrected chi connectivity index (χ0v) is 15.2. The third-order valence-electron chi connectivity index (χ3n) is 4.00. The molecular weight excluding hydrogens is 403 g/mol. The highest BCUT2D eigenvalue weighted by atomic mass is 19.4. The molecule has 1 amide bonds. The third-order valence-corrected chi connectivity index (χ3v) is 4.00. The largest absolute Gasteiger partial charge is 0.433 e. The quantitative estimate of drug-likeness (QED) is 0.543. The second-order valence-electron chi connectivity index (χ2n) is 6.02. The van der Waals surface area contributed by atoms with Crippen molar-refractivity contribution in [2.45, 2.75) is 6.18 Å². The lowest BCUT2D eigenvalue weighted by atomic mass is 10.2. The summed E-state index contributed by atoms with van der Waals surface area (Å²) >= 11 is 0. The summed E-state index contributed by atoms with van der Waals surface area (Å²) in [4.78, 5) is 20.4. The van der Waals surface area contributed by atoms with Gasteiger partial charge in [-0.15, -0.1) is 5.10 Å². The van der Waals surface area contributed by atoms with Crippen molar-refractivity contribution in [1.29, 1.82) is 0 Å². The van der Waals surface area contributed by atoms with Crippen molar-refractivity contribution in [2.75, 3.05) is 5.32 Å². The van der Waals surface area contributed by atoms with E-state index in [1.54, 1.807) is 30.3 Å². The summed E-state index contributed by atoms with van der Waals surface area (Å²) in [5.41, 5.74) is -0.693. The number of rotatable bonds is 4. The molecule has 1 aromatic carbocycles. The van der Waals surface area contributed by atoms with Crippen LogP contribution in [0.4, 0.5) is 19.1 Å². The van der Waals surface area contributed by atoms with Gasteiger partial charge in [0.25, 0.3) is 5.91 Å². The molecule has 0 aliphatic carbocycles. The molecule has 3 heterocycles. The molecule has 30 heavy (non-hydrogen) atoms. The van der Waals surface area contributed by atoms with Crippen LogP contribution in [0, 0.1) is 0 Å². The molecule has 0 fully saturated rings. The number of aromatic nitrogens is 8. The number of carbonyl (C=O) groups is 1. The standard InChI is InChI=1S/C17H12F3N9O/c1-28-16(24-26-27-28)23-15(30)11-7-8-12(17(18,19)20)22-14(11)29-9-21-13(25-29)10-5-3-2-4-6-10/h2-9H,1H3,(H,23,24,27,30). The van der Waals surface area contributed by atoms with E-state index in [4.69, 9.17) is 0 Å². The van der Waals surface area contributed by atoms with E-state index in [-0.39, 0.29) is 23.2 Å². The average molecular weight is 415 g/mol. The first kappa shape index (κ1) is 19.2. The van der Waals surface area contributed by atoms with Gasteiger partial charge in [0.1, 0.15) is 12.0 Å². The lowest BCUT2D eigenvalue weighted by Gasteiger charge is -2.12. The van der Waals surface area contributed by atoms with Crippen LogP contribution in [-0.2, 0) is 13.2 Å². The minimum Gasteiger partial charge on any atom is -0.289 e. The number of nitrogens with one attached hydrogen (secondary N) is 1. The Balaban J connectivity index is 1.77. The van der Waals surface area contributed by atoms with E-state index in [0.29, 0.717) is 11.6 Å². The zero-order valence-electron chi connectivity index (χ0n) is 15.2. The van der Waals surface area contributed by atoms with Crippen LogP contribution in [0.5, 0.6) is 0 Å². The number of hydrogen-bond acceptors (Lipinski definition) is 7. The van der Waals surface area contributed by atoms with Gasteiger partial charge in [0.15, 0.2) is 11.6 Å². The third kappa shape index (κ3) is 3.72. The molecule has 0 saturated carbocycles. The topological polar surface area (TPSA) is 116 Å². The Kier molecular flexibility index (Phi) is 4.69. The van der Waals surface area contributed by atoms with Crippen LogP contribution in [0.25, 0.3) is 17.2 Å². The number of nitrogens with zero attached hydrogens (tertiary/aromatic N) is 8. The lowest BCUT2D eigenvalue weighted by Crippen LogP contribution is -2.20. The number of amides is 1. The number of hydrogen-bond donors (Lipinski definition) is 1. The van der Waals surface area contributed by atoms with Crippen LogP contribution in [-0.4, -0.2) is 45.9 Å². The molecular formula is C17H12F3N9O. The van der Waals surface area contributed by atoms with Crippen molar-refractivity contribution >= 4 is 11.9 Å². The number of halogens is 3. The summed E-state index contributed by atoms with van der Waals surface area (Å²) in [6.45, 7) is 0. The van der Waals surface area contributed by atoms with Gasteiger partial charge in [-0.25, -0.2) is 19.3 Å². The van der Waals surface area contributed by atoms with Crippen molar-refractivity contribution < 1.29 is 18.0 Å². The fourth-order valence-corrected chi connectivity index (χ4v) is 2.55. The van der Waals surface area contributed by atoms with Gasteiger partial charge in [0.05, 0.1) is 5.56 Å². The van der Waals surface area contributed by atoms with Crippen molar-refractivity contribution in [3.63, 3.8) is 0 Å². The monoisotopic (exact) mass is 415 g/mol. The summed E-state index contributed by atoms with van der Waals surface area (Å²) in [5.74, 6) is -0.832. The molecule has 0 saturated heterocycles. The summed E-state index contributed by atoms with van der Waals surface area (Å²) in [5, 5.41) is 17.2. The van der Waals surface area contributed by atoms with E-state index < -0.39 is 17.8 Å². The van der Waals surface area contributed by atoms with Gasteiger partial charge in [-0.05, 0) is 22.6 Å². The maximum absolute atomic E-state index is 13.2. The number of benzene rings is 1. The Morgan fingerprint density at radius 2 is 1.87 bits per heavy atom. The first-order valence-corrected chi connectivity index (χ1v) is 8.42. The number of carbonyl (C=O) groups excluding carboxylic acids is 1. The lowest BCUT2D eigenvalue weighted by molar-refractivity contribution is -0.141. The highest BCUT2D eigenvalue weighted by Gasteiger charge is 2.34. The number of pyridine rings is 1. The summed E-state index contributed by atoms with van der Waals surface area (Å²) in [6.07, 6.45) is -3.52. The maximum Gasteiger partial charge on any atom is 0.433 e. The van der Waals surface area contributed by atoms with Gasteiger partial charge in [-0.1, -0.05) is 35.4 Å². The summed E-state index contributed by atoms with van der Waals surface area (Å²) < 4.78 is 41.8. The number of tetrazole rings is 1. The van der Waals surface area contributed by atoms with E-state index in [9.17, 15) is 18.0 Å². The van der Waals surface area contributed by atoms with E-state index >= 15 is 0 Å². The zero-order chi connectivity index (χ0) is 21.3. The Morgan fingerprint density at radius 3 is 2.53 bits per heavy atom. The van der Waals surface area contributed by atoms with E-state index in [1.807, 2.05) is 0 Å². The second-order valence-corrected chi connectivity index (χ2v) is 6.02. The molecule has 152 valence electrons. The molecule has 0 radical (unpaired) electrons. The van der Waals surface area contributed by atoms with Crippen LogP contribution in [0.1, 0.15) is 16.1 Å². The van der Waals surface area contributed by atoms with Gasteiger partial charge in [0, 0.05) is 12.6 Å². The first-order valence-electron chi connectivity index (χ1n) is 8.42. The molecule has 3 aromatic heterocycles. The molecule has 10 nitrogen and oxygen atoms in total. The Bertz CT molecular complexity index is 1200. The molecule has 4 rings (SSSR count). The van der Waals surface area contributed by atoms with Gasteiger partial charge < -0.3 is 0 Å². The van der Waals surface area contributed by atoms with Gasteiger partial charge in [-0.3, -0.25) is 10.1 Å². The molecule has 1 N–H and O–H groups in total. The van der Waals surface area contributed by atoms with Crippen molar-refractivity contribution in [3.05, 3.63) is 60.0 Å². The summed E-state index contributed by atoms with van der Waals surface area (Å²) in [7, 11) is 1.49. The van der Waals surface area contributed by atoms with E-state index in [0.717, 1.165) is 10.7 Å². The Labute approximate surface area is 166 Å². The molecule has 0 aliphatic heterocycles. The number of aryl methyl sites for hydroxylation is 1. The highest BCUT2D eigenvalue weighted by molar-refractivity contribution is 6.05. The predicted octanol–water partition coefficient (Wildman–Crippen LogP) is 2.12. The number of anilines is 1. The van der Waals surface area contributed by atoms with Crippen molar-refractivity contribution in [3.8, 4) is 17.2 Å². The Hall–Kier alpha value is -4.16. The normalized spacial score (nSPS) is 11.5. The Morgan fingerprint density at radius 1 is 1.10 bits per heavy atom. The fourth-order valence-electron chi connectivity index (χ4n) is 2.55. The van der Waals surface area contributed by atoms with Crippen LogP contribution in [0.3, 0.4) is 0 Å². The van der Waals surface area contributed by atoms with Crippen LogP contribution in [0.15, 0.2) is 48.8 Å². The van der Waals surface area contributed by atoms with E-state index in [2.05, 4.69) is 35.9 Å². The van der Waals surface area contributed by atoms with Crippen molar-refractivity contribution in [2.24, 2.45) is 7.05 Å².